The average molecular weight is 284 g/mol. The summed E-state index contributed by atoms with van der Waals surface area (Å²) in [6, 6.07) is 6.15. The molecule has 94 valence electrons. The Morgan fingerprint density at radius 1 is 1.22 bits per heavy atom. The fourth-order valence-corrected chi connectivity index (χ4v) is 2.66. The molecule has 0 fully saturated rings. The SMILES string of the molecule is Cc1cccnc1NS(=O)(=O)c1ccnc(Cl)c1. The zero-order valence-electron chi connectivity index (χ0n) is 9.46. The molecule has 0 saturated carbocycles. The average Bonchev–Trinajstić information content (AvgIpc) is 2.32. The molecule has 2 heterocycles. The van der Waals surface area contributed by atoms with Gasteiger partial charge >= 0.3 is 0 Å². The van der Waals surface area contributed by atoms with Crippen molar-refractivity contribution in [1.29, 1.82) is 0 Å². The number of sulfonamides is 1. The standard InChI is InChI=1S/C11H10ClN3O2S/c1-8-3-2-5-14-11(8)15-18(16,17)9-4-6-13-10(12)7-9/h2-7H,1H3,(H,14,15). The molecule has 2 rings (SSSR count). The molecular formula is C11H10ClN3O2S. The number of nitrogens with one attached hydrogen (secondary N) is 1. The van der Waals surface area contributed by atoms with Crippen molar-refractivity contribution in [2.45, 2.75) is 11.8 Å². The fraction of sp³-hybridized carbons (Fsp3) is 0.0909. The number of rotatable bonds is 3. The Hall–Kier alpha value is -1.66. The molecule has 0 atom stereocenters. The first kappa shape index (κ1) is 12.8. The molecule has 0 spiro atoms. The predicted molar refractivity (Wildman–Crippen MR) is 69.0 cm³/mol. The van der Waals surface area contributed by atoms with Crippen molar-refractivity contribution >= 4 is 27.4 Å². The van der Waals surface area contributed by atoms with Gasteiger partial charge in [-0.1, -0.05) is 17.7 Å². The quantitative estimate of drug-likeness (QED) is 0.877. The maximum Gasteiger partial charge on any atom is 0.263 e. The molecule has 0 amide bonds. The highest BCUT2D eigenvalue weighted by Gasteiger charge is 2.16. The lowest BCUT2D eigenvalue weighted by atomic mass is 10.3. The summed E-state index contributed by atoms with van der Waals surface area (Å²) < 4.78 is 26.5. The molecule has 0 radical (unpaired) electrons. The van der Waals surface area contributed by atoms with E-state index in [9.17, 15) is 8.42 Å². The molecule has 0 aromatic carbocycles. The van der Waals surface area contributed by atoms with Crippen molar-refractivity contribution < 1.29 is 8.42 Å². The molecule has 0 aliphatic carbocycles. The van der Waals surface area contributed by atoms with Crippen molar-refractivity contribution in [3.05, 3.63) is 47.4 Å². The van der Waals surface area contributed by atoms with E-state index >= 15 is 0 Å². The van der Waals surface area contributed by atoms with Crippen LogP contribution in [0.5, 0.6) is 0 Å². The number of pyridine rings is 2. The van der Waals surface area contributed by atoms with Crippen LogP contribution in [0.4, 0.5) is 5.82 Å². The summed E-state index contributed by atoms with van der Waals surface area (Å²) in [5.41, 5.74) is 0.737. The zero-order chi connectivity index (χ0) is 13.2. The Kier molecular flexibility index (Phi) is 3.49. The first-order valence-electron chi connectivity index (χ1n) is 5.05. The summed E-state index contributed by atoms with van der Waals surface area (Å²) in [7, 11) is -3.70. The molecule has 2 aromatic heterocycles. The molecule has 1 N–H and O–H groups in total. The minimum Gasteiger partial charge on any atom is -0.263 e. The molecule has 0 unspecified atom stereocenters. The van der Waals surface area contributed by atoms with Gasteiger partial charge in [0.05, 0.1) is 4.90 Å². The van der Waals surface area contributed by atoms with E-state index in [0.717, 1.165) is 5.56 Å². The van der Waals surface area contributed by atoms with Crippen LogP contribution in [0.25, 0.3) is 0 Å². The van der Waals surface area contributed by atoms with Gasteiger partial charge in [-0.15, -0.1) is 0 Å². The van der Waals surface area contributed by atoms with Gasteiger partial charge in [0.15, 0.2) is 0 Å². The van der Waals surface area contributed by atoms with Gasteiger partial charge in [-0.25, -0.2) is 18.4 Å². The third-order valence-corrected chi connectivity index (χ3v) is 3.79. The smallest absolute Gasteiger partial charge is 0.263 e. The van der Waals surface area contributed by atoms with Gasteiger partial charge in [-0.05, 0) is 30.7 Å². The van der Waals surface area contributed by atoms with E-state index in [-0.39, 0.29) is 10.0 Å². The maximum atomic E-state index is 12.1. The van der Waals surface area contributed by atoms with Gasteiger partial charge in [0.1, 0.15) is 11.0 Å². The van der Waals surface area contributed by atoms with Crippen LogP contribution >= 0.6 is 11.6 Å². The van der Waals surface area contributed by atoms with E-state index < -0.39 is 10.0 Å². The highest BCUT2D eigenvalue weighted by molar-refractivity contribution is 7.92. The fourth-order valence-electron chi connectivity index (χ4n) is 1.33. The van der Waals surface area contributed by atoms with E-state index in [4.69, 9.17) is 11.6 Å². The van der Waals surface area contributed by atoms with E-state index in [0.29, 0.717) is 5.82 Å². The van der Waals surface area contributed by atoms with Crippen LogP contribution in [-0.4, -0.2) is 18.4 Å². The van der Waals surface area contributed by atoms with Gasteiger partial charge < -0.3 is 0 Å². The summed E-state index contributed by atoms with van der Waals surface area (Å²) in [4.78, 5) is 7.76. The number of hydrogen-bond donors (Lipinski definition) is 1. The number of hydrogen-bond acceptors (Lipinski definition) is 4. The summed E-state index contributed by atoms with van der Waals surface area (Å²) >= 11 is 5.67. The lowest BCUT2D eigenvalue weighted by molar-refractivity contribution is 0.601. The molecule has 7 heteroatoms. The summed E-state index contributed by atoms with van der Waals surface area (Å²) in [5.74, 6) is 0.297. The first-order chi connectivity index (χ1) is 8.49. The molecule has 0 aliphatic heterocycles. The normalized spacial score (nSPS) is 11.2. The Bertz CT molecular complexity index is 673. The van der Waals surface area contributed by atoms with Crippen LogP contribution in [0.1, 0.15) is 5.56 Å². The Morgan fingerprint density at radius 3 is 2.67 bits per heavy atom. The number of aryl methyl sites for hydroxylation is 1. The Balaban J connectivity index is 2.37. The third-order valence-electron chi connectivity index (χ3n) is 2.25. The van der Waals surface area contributed by atoms with Gasteiger partial charge in [0.2, 0.25) is 0 Å². The zero-order valence-corrected chi connectivity index (χ0v) is 11.0. The lowest BCUT2D eigenvalue weighted by Crippen LogP contribution is -2.14. The van der Waals surface area contributed by atoms with Crippen molar-refractivity contribution in [2.75, 3.05) is 4.72 Å². The summed E-state index contributed by atoms with van der Waals surface area (Å²) in [6.45, 7) is 1.77. The van der Waals surface area contributed by atoms with E-state index in [2.05, 4.69) is 14.7 Å². The maximum absolute atomic E-state index is 12.1. The molecule has 0 saturated heterocycles. The summed E-state index contributed by atoms with van der Waals surface area (Å²) in [5, 5.41) is 0.121. The molecule has 18 heavy (non-hydrogen) atoms. The third kappa shape index (κ3) is 2.77. The van der Waals surface area contributed by atoms with Crippen molar-refractivity contribution in [1.82, 2.24) is 9.97 Å². The second kappa shape index (κ2) is 4.91. The van der Waals surface area contributed by atoms with Gasteiger partial charge in [0, 0.05) is 12.4 Å². The van der Waals surface area contributed by atoms with Crippen LogP contribution in [0.15, 0.2) is 41.6 Å². The topological polar surface area (TPSA) is 72.0 Å². The van der Waals surface area contributed by atoms with E-state index in [1.54, 1.807) is 19.1 Å². The number of halogens is 1. The van der Waals surface area contributed by atoms with Crippen LogP contribution in [0, 0.1) is 6.92 Å². The summed E-state index contributed by atoms with van der Waals surface area (Å²) in [6.07, 6.45) is 2.85. The van der Waals surface area contributed by atoms with E-state index in [1.807, 2.05) is 0 Å². The molecule has 5 nitrogen and oxygen atoms in total. The van der Waals surface area contributed by atoms with Crippen LogP contribution in [-0.2, 0) is 10.0 Å². The lowest BCUT2D eigenvalue weighted by Gasteiger charge is -2.09. The first-order valence-corrected chi connectivity index (χ1v) is 6.91. The predicted octanol–water partition coefficient (Wildman–Crippen LogP) is 2.24. The number of aromatic nitrogens is 2. The second-order valence-electron chi connectivity index (χ2n) is 3.59. The van der Waals surface area contributed by atoms with Crippen molar-refractivity contribution in [2.24, 2.45) is 0 Å². The highest BCUT2D eigenvalue weighted by Crippen LogP contribution is 2.18. The van der Waals surface area contributed by atoms with Gasteiger partial charge in [0.25, 0.3) is 10.0 Å². The Morgan fingerprint density at radius 2 is 2.00 bits per heavy atom. The molecule has 2 aromatic rings. The van der Waals surface area contributed by atoms with Crippen LogP contribution in [0.3, 0.4) is 0 Å². The van der Waals surface area contributed by atoms with Gasteiger partial charge in [-0.3, -0.25) is 4.72 Å². The van der Waals surface area contributed by atoms with E-state index in [1.165, 1.54) is 24.5 Å². The minimum absolute atomic E-state index is 0.0487. The number of nitrogens with zero attached hydrogens (tertiary/aromatic N) is 2. The Labute approximate surface area is 110 Å². The number of anilines is 1. The van der Waals surface area contributed by atoms with Crippen molar-refractivity contribution in [3.63, 3.8) is 0 Å². The largest absolute Gasteiger partial charge is 0.263 e. The molecule has 0 bridgehead atoms. The highest BCUT2D eigenvalue weighted by atomic mass is 35.5. The van der Waals surface area contributed by atoms with Crippen LogP contribution in [0.2, 0.25) is 5.15 Å². The van der Waals surface area contributed by atoms with Crippen LogP contribution < -0.4 is 4.72 Å². The minimum atomic E-state index is -3.70. The molecular weight excluding hydrogens is 274 g/mol. The second-order valence-corrected chi connectivity index (χ2v) is 5.66. The monoisotopic (exact) mass is 283 g/mol. The molecule has 0 aliphatic rings. The van der Waals surface area contributed by atoms with Crippen molar-refractivity contribution in [3.8, 4) is 0 Å². The van der Waals surface area contributed by atoms with Gasteiger partial charge in [-0.2, -0.15) is 0 Å².